The number of nitrogens with one attached hydrogen (secondary N) is 4. The van der Waals surface area contributed by atoms with E-state index in [0.717, 1.165) is 31.2 Å². The second kappa shape index (κ2) is 21.1. The summed E-state index contributed by atoms with van der Waals surface area (Å²) in [5.41, 5.74) is 6.36. The van der Waals surface area contributed by atoms with Gasteiger partial charge in [0.15, 0.2) is 6.29 Å². The SMILES string of the molecule is CC(OCC(N)=O)OCc1ccc(NC(=O)[C@H](C)NC(=O)[C@@H](NC(=O)OCCOCCNC(=O)OCC2[C@H]3CC/C=C\CC[C@@H]23)C(C)C)cc1. The fourth-order valence-electron chi connectivity index (χ4n) is 5.65. The Balaban J connectivity index is 1.26. The van der Waals surface area contributed by atoms with Crippen molar-refractivity contribution in [2.24, 2.45) is 29.4 Å². The number of fused-ring (bicyclic) bond motifs is 1. The fraction of sp³-hybridized carbons (Fsp3) is 0.629. The second-order valence-corrected chi connectivity index (χ2v) is 12.8. The van der Waals surface area contributed by atoms with E-state index in [-0.39, 0.29) is 45.5 Å². The highest BCUT2D eigenvalue weighted by Crippen LogP contribution is 2.52. The number of anilines is 1. The number of carbonyl (C=O) groups excluding carboxylic acids is 5. The van der Waals surface area contributed by atoms with Gasteiger partial charge in [0, 0.05) is 12.2 Å². The maximum atomic E-state index is 12.9. The molecule has 0 spiro atoms. The van der Waals surface area contributed by atoms with Gasteiger partial charge in [0.2, 0.25) is 17.7 Å². The van der Waals surface area contributed by atoms with Crippen LogP contribution in [-0.2, 0) is 44.7 Å². The number of benzene rings is 1. The van der Waals surface area contributed by atoms with Gasteiger partial charge in [-0.2, -0.15) is 0 Å². The van der Waals surface area contributed by atoms with Crippen LogP contribution in [0.5, 0.6) is 0 Å². The minimum Gasteiger partial charge on any atom is -0.449 e. The molecule has 0 heterocycles. The van der Waals surface area contributed by atoms with Crippen LogP contribution >= 0.6 is 0 Å². The van der Waals surface area contributed by atoms with Crippen LogP contribution in [-0.4, -0.2) is 87.9 Å². The summed E-state index contributed by atoms with van der Waals surface area (Å²) in [5, 5.41) is 10.6. The molecule has 50 heavy (non-hydrogen) atoms. The summed E-state index contributed by atoms with van der Waals surface area (Å²) in [6.07, 6.45) is 7.08. The van der Waals surface area contributed by atoms with Crippen molar-refractivity contribution in [1.82, 2.24) is 16.0 Å². The van der Waals surface area contributed by atoms with Crippen LogP contribution in [0.4, 0.5) is 15.3 Å². The zero-order chi connectivity index (χ0) is 36.5. The summed E-state index contributed by atoms with van der Waals surface area (Å²) in [5.74, 6) is -0.108. The zero-order valence-electron chi connectivity index (χ0n) is 29.4. The summed E-state index contributed by atoms with van der Waals surface area (Å²) in [6.45, 7) is 7.60. The Hall–Kier alpha value is -4.21. The molecule has 1 fully saturated rings. The van der Waals surface area contributed by atoms with Crippen LogP contribution in [0.1, 0.15) is 58.9 Å². The van der Waals surface area contributed by atoms with E-state index in [9.17, 15) is 24.0 Å². The molecule has 0 aromatic heterocycles. The molecule has 6 N–H and O–H groups in total. The lowest BCUT2D eigenvalue weighted by Gasteiger charge is -2.23. The van der Waals surface area contributed by atoms with Crippen molar-refractivity contribution in [3.8, 4) is 0 Å². The van der Waals surface area contributed by atoms with Crippen LogP contribution in [0.2, 0.25) is 0 Å². The largest absolute Gasteiger partial charge is 0.449 e. The lowest BCUT2D eigenvalue weighted by atomic mass is 10.0. The number of ether oxygens (including phenoxy) is 5. The van der Waals surface area contributed by atoms with Crippen molar-refractivity contribution >= 4 is 35.6 Å². The van der Waals surface area contributed by atoms with Gasteiger partial charge in [0.25, 0.3) is 0 Å². The molecular formula is C35H53N5O10. The summed E-state index contributed by atoms with van der Waals surface area (Å²) < 4.78 is 26.6. The van der Waals surface area contributed by atoms with Crippen molar-refractivity contribution in [2.45, 2.75) is 78.4 Å². The molecule has 1 aromatic rings. The van der Waals surface area contributed by atoms with E-state index in [1.54, 1.807) is 45.0 Å². The lowest BCUT2D eigenvalue weighted by molar-refractivity contribution is -0.152. The highest BCUT2D eigenvalue weighted by atomic mass is 16.7. The predicted octanol–water partition coefficient (Wildman–Crippen LogP) is 2.98. The minimum absolute atomic E-state index is 0.0617. The molecule has 5 amide bonds. The van der Waals surface area contributed by atoms with Crippen LogP contribution in [0.3, 0.4) is 0 Å². The van der Waals surface area contributed by atoms with Gasteiger partial charge in [0.1, 0.15) is 25.3 Å². The van der Waals surface area contributed by atoms with Crippen molar-refractivity contribution in [3.63, 3.8) is 0 Å². The fourth-order valence-corrected chi connectivity index (χ4v) is 5.65. The molecule has 0 radical (unpaired) electrons. The number of primary amides is 1. The first-order valence-corrected chi connectivity index (χ1v) is 17.2. The number of rotatable bonds is 20. The number of carbonyl (C=O) groups is 5. The monoisotopic (exact) mass is 703 g/mol. The van der Waals surface area contributed by atoms with Gasteiger partial charge < -0.3 is 50.7 Å². The molecule has 15 nitrogen and oxygen atoms in total. The van der Waals surface area contributed by atoms with E-state index >= 15 is 0 Å². The molecule has 1 aromatic carbocycles. The first kappa shape index (κ1) is 40.2. The van der Waals surface area contributed by atoms with Gasteiger partial charge in [-0.05, 0) is 80.9 Å². The molecule has 15 heteroatoms. The predicted molar refractivity (Wildman–Crippen MR) is 183 cm³/mol. The lowest BCUT2D eigenvalue weighted by Crippen LogP contribution is -2.53. The van der Waals surface area contributed by atoms with E-state index in [1.165, 1.54) is 6.92 Å². The Morgan fingerprint density at radius 1 is 0.820 bits per heavy atom. The minimum atomic E-state index is -0.951. The van der Waals surface area contributed by atoms with Gasteiger partial charge in [-0.3, -0.25) is 14.4 Å². The number of allylic oxidation sites excluding steroid dienone is 2. The topological polar surface area (TPSA) is 206 Å². The van der Waals surface area contributed by atoms with Crippen LogP contribution in [0.25, 0.3) is 0 Å². The smallest absolute Gasteiger partial charge is 0.407 e. The molecule has 6 atom stereocenters. The Labute approximate surface area is 293 Å². The Bertz CT molecular complexity index is 1270. The molecule has 2 aliphatic carbocycles. The van der Waals surface area contributed by atoms with Gasteiger partial charge in [-0.1, -0.05) is 38.1 Å². The number of amides is 5. The molecule has 278 valence electrons. The Kier molecular flexibility index (Phi) is 17.0. The first-order chi connectivity index (χ1) is 23.9. The molecule has 0 saturated heterocycles. The van der Waals surface area contributed by atoms with E-state index in [4.69, 9.17) is 29.4 Å². The highest BCUT2D eigenvalue weighted by molar-refractivity contribution is 5.98. The maximum absolute atomic E-state index is 12.9. The van der Waals surface area contributed by atoms with Gasteiger partial charge in [0.05, 0.1) is 26.4 Å². The normalized spacial score (nSPS) is 20.5. The standard InChI is InChI=1S/C35H53N5O10/c1-22(2)31(33(43)38-23(3)32(42)39-26-13-11-25(12-14-26)19-48-24(4)49-21-30(36)41)40-35(45)47-18-17-46-16-15-37-34(44)50-20-29-27-9-7-5-6-8-10-28(27)29/h5-6,11-14,22-24,27-29,31H,7-10,15-21H2,1-4H3,(H2,36,41)(H,37,44)(H,38,43)(H,39,42)(H,40,45)/b6-5-/t23-,24?,27-,28+,29?,31-/m0/s1. The van der Waals surface area contributed by atoms with Crippen molar-refractivity contribution in [3.05, 3.63) is 42.0 Å². The number of nitrogens with two attached hydrogens (primary N) is 1. The highest BCUT2D eigenvalue weighted by Gasteiger charge is 2.49. The molecule has 0 aliphatic heterocycles. The molecule has 3 rings (SSSR count). The Morgan fingerprint density at radius 2 is 1.50 bits per heavy atom. The number of hydrogen-bond donors (Lipinski definition) is 5. The number of alkyl carbamates (subject to hydrolysis) is 2. The molecule has 2 unspecified atom stereocenters. The van der Waals surface area contributed by atoms with Crippen molar-refractivity contribution in [1.29, 1.82) is 0 Å². The van der Waals surface area contributed by atoms with Crippen LogP contribution < -0.4 is 27.0 Å². The molecule has 2 aliphatic rings. The summed E-state index contributed by atoms with van der Waals surface area (Å²) >= 11 is 0. The third-order valence-corrected chi connectivity index (χ3v) is 8.53. The van der Waals surface area contributed by atoms with Crippen LogP contribution in [0.15, 0.2) is 36.4 Å². The van der Waals surface area contributed by atoms with E-state index in [2.05, 4.69) is 33.4 Å². The van der Waals surface area contributed by atoms with E-state index < -0.39 is 48.3 Å². The van der Waals surface area contributed by atoms with Gasteiger partial charge in [-0.25, -0.2) is 9.59 Å². The third-order valence-electron chi connectivity index (χ3n) is 8.53. The molecular weight excluding hydrogens is 650 g/mol. The zero-order valence-corrected chi connectivity index (χ0v) is 29.4. The third kappa shape index (κ3) is 14.7. The van der Waals surface area contributed by atoms with E-state index in [0.29, 0.717) is 30.0 Å². The summed E-state index contributed by atoms with van der Waals surface area (Å²) in [6, 6.07) is 5.02. The van der Waals surface area contributed by atoms with Crippen molar-refractivity contribution < 1.29 is 47.7 Å². The molecule has 0 bridgehead atoms. The van der Waals surface area contributed by atoms with Gasteiger partial charge >= 0.3 is 12.2 Å². The van der Waals surface area contributed by atoms with E-state index in [1.807, 2.05) is 0 Å². The summed E-state index contributed by atoms with van der Waals surface area (Å²) in [4.78, 5) is 60.9. The average molecular weight is 704 g/mol. The van der Waals surface area contributed by atoms with Crippen LogP contribution in [0, 0.1) is 23.7 Å². The Morgan fingerprint density at radius 3 is 2.14 bits per heavy atom. The summed E-state index contributed by atoms with van der Waals surface area (Å²) in [7, 11) is 0. The number of hydrogen-bond acceptors (Lipinski definition) is 10. The maximum Gasteiger partial charge on any atom is 0.407 e. The quantitative estimate of drug-likeness (QED) is 0.0763. The molecule has 1 saturated carbocycles. The average Bonchev–Trinajstić information content (AvgIpc) is 3.72. The van der Waals surface area contributed by atoms with Gasteiger partial charge in [-0.15, -0.1) is 0 Å². The van der Waals surface area contributed by atoms with Crippen molar-refractivity contribution in [2.75, 3.05) is 44.9 Å². The second-order valence-electron chi connectivity index (χ2n) is 12.8. The first-order valence-electron chi connectivity index (χ1n) is 17.2.